The smallest absolute Gasteiger partial charge is 0.185 e. The summed E-state index contributed by atoms with van der Waals surface area (Å²) in [6.45, 7) is 15.8. The lowest BCUT2D eigenvalue weighted by molar-refractivity contribution is -0.133. The van der Waals surface area contributed by atoms with Crippen molar-refractivity contribution in [3.63, 3.8) is 0 Å². The molecule has 0 amide bonds. The summed E-state index contributed by atoms with van der Waals surface area (Å²) in [6, 6.07) is 0.317. The maximum absolute atomic E-state index is 6.14. The van der Waals surface area contributed by atoms with Crippen molar-refractivity contribution < 1.29 is 4.74 Å². The van der Waals surface area contributed by atoms with Gasteiger partial charge in [-0.3, -0.25) is 0 Å². The molecule has 21 heavy (non-hydrogen) atoms. The predicted molar refractivity (Wildman–Crippen MR) is 90.3 cm³/mol. The number of morpholine rings is 1. The zero-order valence-electron chi connectivity index (χ0n) is 14.2. The largest absolute Gasteiger partial charge is 0.366 e. The van der Waals surface area contributed by atoms with Crippen LogP contribution in [0.2, 0.25) is 0 Å². The Morgan fingerprint density at radius 1 is 1.33 bits per heavy atom. The molecule has 5 heteroatoms. The minimum absolute atomic E-state index is 0.139. The number of aromatic nitrogens is 1. The first-order valence-corrected chi connectivity index (χ1v) is 8.74. The van der Waals surface area contributed by atoms with Crippen LogP contribution in [0.15, 0.2) is 5.38 Å². The molecular formula is C16H29N3OS. The number of nitrogens with one attached hydrogen (secondary N) is 1. The molecule has 1 unspecified atom stereocenters. The molecular weight excluding hydrogens is 282 g/mol. The van der Waals surface area contributed by atoms with E-state index in [1.165, 1.54) is 0 Å². The van der Waals surface area contributed by atoms with E-state index in [0.717, 1.165) is 36.9 Å². The first kappa shape index (κ1) is 16.7. The quantitative estimate of drug-likeness (QED) is 0.901. The fourth-order valence-corrected chi connectivity index (χ4v) is 3.93. The molecule has 1 N–H and O–H groups in total. The first-order valence-electron chi connectivity index (χ1n) is 7.86. The Bertz CT molecular complexity index is 454. The van der Waals surface area contributed by atoms with E-state index >= 15 is 0 Å². The molecule has 1 aliphatic rings. The fourth-order valence-electron chi connectivity index (χ4n) is 3.01. The molecule has 0 radical (unpaired) electrons. The predicted octanol–water partition coefficient (Wildman–Crippen LogP) is 3.60. The second-order valence-corrected chi connectivity index (χ2v) is 8.04. The van der Waals surface area contributed by atoms with Crippen molar-refractivity contribution in [3.05, 3.63) is 11.1 Å². The van der Waals surface area contributed by atoms with Crippen LogP contribution in [0.1, 0.15) is 59.7 Å². The average molecular weight is 311 g/mol. The molecule has 0 spiro atoms. The zero-order valence-corrected chi connectivity index (χ0v) is 15.0. The number of thiazole rings is 1. The van der Waals surface area contributed by atoms with E-state index < -0.39 is 0 Å². The van der Waals surface area contributed by atoms with Gasteiger partial charge in [-0.15, -0.1) is 11.3 Å². The third-order valence-electron chi connectivity index (χ3n) is 3.62. The monoisotopic (exact) mass is 311 g/mol. The fraction of sp³-hybridized carbons (Fsp3) is 0.812. The van der Waals surface area contributed by atoms with Gasteiger partial charge in [0.2, 0.25) is 0 Å². The number of ether oxygens (including phenoxy) is 1. The van der Waals surface area contributed by atoms with Crippen LogP contribution in [-0.2, 0) is 4.74 Å². The second kappa shape index (κ2) is 6.23. The molecule has 0 aromatic carbocycles. The Hall–Kier alpha value is -0.650. The standard InChI is InChI=1S/C16H29N3OS/c1-7-8-17-12(2)13-9-21-14(18-13)19-10-15(3,4)20-16(5,6)11-19/h9,12,17H,7-8,10-11H2,1-6H3. The van der Waals surface area contributed by atoms with Crippen LogP contribution in [0.3, 0.4) is 0 Å². The highest BCUT2D eigenvalue weighted by Gasteiger charge is 2.39. The van der Waals surface area contributed by atoms with Crippen molar-refractivity contribution in [2.45, 2.75) is 65.2 Å². The van der Waals surface area contributed by atoms with Gasteiger partial charge in [-0.05, 0) is 47.6 Å². The van der Waals surface area contributed by atoms with Crippen LogP contribution in [0.25, 0.3) is 0 Å². The van der Waals surface area contributed by atoms with Crippen LogP contribution >= 0.6 is 11.3 Å². The minimum Gasteiger partial charge on any atom is -0.366 e. The van der Waals surface area contributed by atoms with Crippen molar-refractivity contribution >= 4 is 16.5 Å². The number of rotatable bonds is 5. The van der Waals surface area contributed by atoms with Gasteiger partial charge in [0.15, 0.2) is 5.13 Å². The highest BCUT2D eigenvalue weighted by Crippen LogP contribution is 2.33. The molecule has 0 saturated carbocycles. The van der Waals surface area contributed by atoms with E-state index in [-0.39, 0.29) is 11.2 Å². The van der Waals surface area contributed by atoms with Gasteiger partial charge >= 0.3 is 0 Å². The van der Waals surface area contributed by atoms with Gasteiger partial charge in [-0.1, -0.05) is 6.92 Å². The van der Waals surface area contributed by atoms with Crippen LogP contribution < -0.4 is 10.2 Å². The van der Waals surface area contributed by atoms with Crippen molar-refractivity contribution in [2.24, 2.45) is 0 Å². The van der Waals surface area contributed by atoms with Crippen molar-refractivity contribution in [1.29, 1.82) is 0 Å². The Morgan fingerprint density at radius 2 is 1.95 bits per heavy atom. The SMILES string of the molecule is CCCNC(C)c1csc(N2CC(C)(C)OC(C)(C)C2)n1. The summed E-state index contributed by atoms with van der Waals surface area (Å²) in [5, 5.41) is 6.79. The van der Waals surface area contributed by atoms with Gasteiger partial charge in [0, 0.05) is 24.5 Å². The second-order valence-electron chi connectivity index (χ2n) is 7.21. The van der Waals surface area contributed by atoms with E-state index in [1.54, 1.807) is 11.3 Å². The van der Waals surface area contributed by atoms with Crippen LogP contribution in [-0.4, -0.2) is 35.8 Å². The molecule has 2 heterocycles. The lowest BCUT2D eigenvalue weighted by Crippen LogP contribution is -2.57. The third-order valence-corrected chi connectivity index (χ3v) is 4.54. The molecule has 1 atom stereocenters. The minimum atomic E-state index is -0.139. The number of hydrogen-bond acceptors (Lipinski definition) is 5. The Kier molecular flexibility index (Phi) is 4.96. The van der Waals surface area contributed by atoms with Gasteiger partial charge in [0.1, 0.15) is 0 Å². The molecule has 120 valence electrons. The van der Waals surface area contributed by atoms with E-state index in [2.05, 4.69) is 57.1 Å². The molecule has 1 aliphatic heterocycles. The molecule has 0 bridgehead atoms. The van der Waals surface area contributed by atoms with E-state index in [9.17, 15) is 0 Å². The summed E-state index contributed by atoms with van der Waals surface area (Å²) in [7, 11) is 0. The highest BCUT2D eigenvalue weighted by atomic mass is 32.1. The highest BCUT2D eigenvalue weighted by molar-refractivity contribution is 7.13. The molecule has 1 fully saturated rings. The van der Waals surface area contributed by atoms with Crippen molar-refractivity contribution in [2.75, 3.05) is 24.5 Å². The maximum Gasteiger partial charge on any atom is 0.185 e. The Labute approximate surface area is 132 Å². The molecule has 1 aromatic rings. The van der Waals surface area contributed by atoms with E-state index in [4.69, 9.17) is 9.72 Å². The van der Waals surface area contributed by atoms with Crippen molar-refractivity contribution in [1.82, 2.24) is 10.3 Å². The lowest BCUT2D eigenvalue weighted by Gasteiger charge is -2.47. The summed E-state index contributed by atoms with van der Waals surface area (Å²) < 4.78 is 6.14. The average Bonchev–Trinajstić information content (AvgIpc) is 2.81. The van der Waals surface area contributed by atoms with Crippen molar-refractivity contribution in [3.8, 4) is 0 Å². The van der Waals surface area contributed by atoms with E-state index in [1.807, 2.05) is 0 Å². The topological polar surface area (TPSA) is 37.4 Å². The summed E-state index contributed by atoms with van der Waals surface area (Å²) >= 11 is 1.74. The summed E-state index contributed by atoms with van der Waals surface area (Å²) in [6.07, 6.45) is 1.15. The van der Waals surface area contributed by atoms with Gasteiger partial charge in [-0.25, -0.2) is 4.98 Å². The normalized spacial score (nSPS) is 22.3. The van der Waals surface area contributed by atoms with Crippen LogP contribution in [0.5, 0.6) is 0 Å². The molecule has 2 rings (SSSR count). The van der Waals surface area contributed by atoms with E-state index in [0.29, 0.717) is 6.04 Å². The Morgan fingerprint density at radius 3 is 2.52 bits per heavy atom. The molecule has 0 aliphatic carbocycles. The number of hydrogen-bond donors (Lipinski definition) is 1. The lowest BCUT2D eigenvalue weighted by atomic mass is 9.99. The summed E-state index contributed by atoms with van der Waals surface area (Å²) in [5.74, 6) is 0. The third kappa shape index (κ3) is 4.41. The van der Waals surface area contributed by atoms with Gasteiger partial charge < -0.3 is 15.0 Å². The molecule has 1 saturated heterocycles. The Balaban J connectivity index is 2.10. The maximum atomic E-state index is 6.14. The molecule has 1 aromatic heterocycles. The van der Waals surface area contributed by atoms with Gasteiger partial charge in [0.05, 0.1) is 16.9 Å². The number of anilines is 1. The summed E-state index contributed by atoms with van der Waals surface area (Å²) in [5.41, 5.74) is 0.866. The van der Waals surface area contributed by atoms with Crippen LogP contribution in [0, 0.1) is 0 Å². The summed E-state index contributed by atoms with van der Waals surface area (Å²) in [4.78, 5) is 7.21. The first-order chi connectivity index (χ1) is 9.72. The number of nitrogens with zero attached hydrogens (tertiary/aromatic N) is 2. The van der Waals surface area contributed by atoms with Crippen LogP contribution in [0.4, 0.5) is 5.13 Å². The molecule has 4 nitrogen and oxygen atoms in total. The van der Waals surface area contributed by atoms with Gasteiger partial charge in [0.25, 0.3) is 0 Å². The zero-order chi connectivity index (χ0) is 15.7. The van der Waals surface area contributed by atoms with Gasteiger partial charge in [-0.2, -0.15) is 0 Å².